The number of benzene rings is 2. The van der Waals surface area contributed by atoms with Crippen LogP contribution in [0.2, 0.25) is 5.15 Å². The average molecular weight is 473 g/mol. The highest BCUT2D eigenvalue weighted by Gasteiger charge is 2.36. The van der Waals surface area contributed by atoms with Crippen molar-refractivity contribution in [3.8, 4) is 11.3 Å². The number of aryl methyl sites for hydroxylation is 1. The number of fused-ring (bicyclic) bond motifs is 1. The largest absolute Gasteiger partial charge is 0.455 e. The van der Waals surface area contributed by atoms with E-state index in [2.05, 4.69) is 10.3 Å². The van der Waals surface area contributed by atoms with Crippen LogP contribution in [0, 0.1) is 13.8 Å². The lowest BCUT2D eigenvalue weighted by Gasteiger charge is -2.21. The summed E-state index contributed by atoms with van der Waals surface area (Å²) in [5.41, 5.74) is 1.36. The molecule has 33 heavy (non-hydrogen) atoms. The van der Waals surface area contributed by atoms with Crippen molar-refractivity contribution >= 4 is 28.3 Å². The van der Waals surface area contributed by atoms with Crippen LogP contribution in [0.4, 0.5) is 18.9 Å². The lowest BCUT2D eigenvalue weighted by molar-refractivity contribution is -0.140. The van der Waals surface area contributed by atoms with Gasteiger partial charge in [0.2, 0.25) is 0 Å². The molecule has 2 aromatic carbocycles. The second-order valence-corrected chi connectivity index (χ2v) is 8.26. The van der Waals surface area contributed by atoms with Crippen LogP contribution in [-0.2, 0) is 6.18 Å². The molecule has 4 nitrogen and oxygen atoms in total. The zero-order valence-corrected chi connectivity index (χ0v) is 18.8. The zero-order chi connectivity index (χ0) is 23.9. The van der Waals surface area contributed by atoms with E-state index in [9.17, 15) is 18.0 Å². The number of alkyl halides is 3. The molecule has 2 aromatic heterocycles. The summed E-state index contributed by atoms with van der Waals surface area (Å²) in [6.45, 7) is 5.22. The minimum Gasteiger partial charge on any atom is -0.455 e. The van der Waals surface area contributed by atoms with Gasteiger partial charge in [-0.15, -0.1) is 0 Å². The third kappa shape index (κ3) is 4.46. The molecule has 8 heteroatoms. The van der Waals surface area contributed by atoms with E-state index in [0.29, 0.717) is 27.9 Å². The van der Waals surface area contributed by atoms with Crippen molar-refractivity contribution in [2.75, 3.05) is 5.32 Å². The number of halogens is 4. The third-order valence-electron chi connectivity index (χ3n) is 5.40. The Hall–Kier alpha value is -3.32. The van der Waals surface area contributed by atoms with Gasteiger partial charge in [0.1, 0.15) is 16.5 Å². The maximum Gasteiger partial charge on any atom is 0.435 e. The molecular formula is C25H20ClF3N2O2. The fourth-order valence-electron chi connectivity index (χ4n) is 3.83. The molecule has 0 saturated heterocycles. The van der Waals surface area contributed by atoms with Crippen molar-refractivity contribution in [3.05, 3.63) is 92.4 Å². The average Bonchev–Trinajstić information content (AvgIpc) is 2.77. The summed E-state index contributed by atoms with van der Waals surface area (Å²) in [6, 6.07) is 14.6. The molecule has 2 heterocycles. The highest BCUT2D eigenvalue weighted by Crippen LogP contribution is 2.37. The highest BCUT2D eigenvalue weighted by atomic mass is 35.5. The lowest BCUT2D eigenvalue weighted by Crippen LogP contribution is -2.16. The monoisotopic (exact) mass is 472 g/mol. The van der Waals surface area contributed by atoms with Gasteiger partial charge >= 0.3 is 6.18 Å². The number of hydrogen-bond acceptors (Lipinski definition) is 4. The Labute approximate surface area is 193 Å². The summed E-state index contributed by atoms with van der Waals surface area (Å²) >= 11 is 5.69. The van der Waals surface area contributed by atoms with Gasteiger partial charge in [-0.1, -0.05) is 48.0 Å². The standard InChI is InChI=1S/C25H20ClF3N2O2/c1-13-11-17(15(3)30-19-9-10-20(26)31-24(19)25(27,28)29)23-18(12-13)21(32)14(2)22(33-23)16-7-5-4-6-8-16/h4-12,15,30H,1-3H3/t15-/m1/s1. The van der Waals surface area contributed by atoms with Gasteiger partial charge in [0, 0.05) is 16.7 Å². The van der Waals surface area contributed by atoms with E-state index in [4.69, 9.17) is 16.0 Å². The molecule has 0 spiro atoms. The summed E-state index contributed by atoms with van der Waals surface area (Å²) in [5.74, 6) is 0.426. The topological polar surface area (TPSA) is 55.1 Å². The smallest absolute Gasteiger partial charge is 0.435 e. The number of nitrogens with zero attached hydrogens (tertiary/aromatic N) is 1. The number of pyridine rings is 1. The molecule has 0 aliphatic heterocycles. The Morgan fingerprint density at radius 2 is 1.76 bits per heavy atom. The van der Waals surface area contributed by atoms with E-state index in [1.165, 1.54) is 12.1 Å². The van der Waals surface area contributed by atoms with Crippen molar-refractivity contribution in [2.24, 2.45) is 0 Å². The lowest BCUT2D eigenvalue weighted by atomic mass is 9.98. The van der Waals surface area contributed by atoms with Gasteiger partial charge in [-0.2, -0.15) is 13.2 Å². The van der Waals surface area contributed by atoms with Gasteiger partial charge in [0.05, 0.1) is 17.1 Å². The van der Waals surface area contributed by atoms with Crippen molar-refractivity contribution in [1.29, 1.82) is 0 Å². The number of nitrogens with one attached hydrogen (secondary N) is 1. The molecule has 170 valence electrons. The first-order chi connectivity index (χ1) is 15.6. The minimum atomic E-state index is -4.69. The molecule has 1 N–H and O–H groups in total. The van der Waals surface area contributed by atoms with Crippen LogP contribution >= 0.6 is 11.6 Å². The van der Waals surface area contributed by atoms with E-state index in [0.717, 1.165) is 11.1 Å². The maximum atomic E-state index is 13.5. The van der Waals surface area contributed by atoms with Gasteiger partial charge in [-0.05, 0) is 44.5 Å². The van der Waals surface area contributed by atoms with Gasteiger partial charge in [0.15, 0.2) is 11.1 Å². The summed E-state index contributed by atoms with van der Waals surface area (Å²) < 4.78 is 46.8. The van der Waals surface area contributed by atoms with Crippen molar-refractivity contribution < 1.29 is 17.6 Å². The molecule has 0 amide bonds. The van der Waals surface area contributed by atoms with Gasteiger partial charge in [-0.3, -0.25) is 4.79 Å². The van der Waals surface area contributed by atoms with Crippen molar-refractivity contribution in [2.45, 2.75) is 33.0 Å². The molecule has 4 rings (SSSR count). The van der Waals surface area contributed by atoms with E-state index in [1.54, 1.807) is 26.0 Å². The molecule has 0 unspecified atom stereocenters. The fourth-order valence-corrected chi connectivity index (χ4v) is 3.98. The first kappa shape index (κ1) is 22.9. The highest BCUT2D eigenvalue weighted by molar-refractivity contribution is 6.29. The van der Waals surface area contributed by atoms with E-state index < -0.39 is 17.9 Å². The van der Waals surface area contributed by atoms with Crippen molar-refractivity contribution in [3.63, 3.8) is 0 Å². The Bertz CT molecular complexity index is 1400. The van der Waals surface area contributed by atoms with Crippen LogP contribution in [0.25, 0.3) is 22.3 Å². The van der Waals surface area contributed by atoms with Gasteiger partial charge in [0.25, 0.3) is 0 Å². The number of hydrogen-bond donors (Lipinski definition) is 1. The second kappa shape index (κ2) is 8.56. The molecule has 0 fully saturated rings. The Balaban J connectivity index is 1.88. The Kier molecular flexibility index (Phi) is 5.93. The van der Waals surface area contributed by atoms with Crippen LogP contribution < -0.4 is 10.7 Å². The molecule has 0 aliphatic carbocycles. The summed E-state index contributed by atoms with van der Waals surface area (Å²) in [7, 11) is 0. The molecular weight excluding hydrogens is 453 g/mol. The van der Waals surface area contributed by atoms with Crippen LogP contribution in [-0.4, -0.2) is 4.98 Å². The molecule has 4 aromatic rings. The first-order valence-electron chi connectivity index (χ1n) is 10.2. The molecule has 0 bridgehead atoms. The summed E-state index contributed by atoms with van der Waals surface area (Å²) in [5, 5.41) is 2.99. The summed E-state index contributed by atoms with van der Waals surface area (Å²) in [4.78, 5) is 16.6. The van der Waals surface area contributed by atoms with E-state index in [1.807, 2.05) is 37.3 Å². The Morgan fingerprint density at radius 3 is 2.42 bits per heavy atom. The van der Waals surface area contributed by atoms with Gasteiger partial charge in [-0.25, -0.2) is 4.98 Å². The Morgan fingerprint density at radius 1 is 1.06 bits per heavy atom. The van der Waals surface area contributed by atoms with Gasteiger partial charge < -0.3 is 9.73 Å². The normalized spacial score (nSPS) is 12.7. The molecule has 0 aliphatic rings. The maximum absolute atomic E-state index is 13.5. The third-order valence-corrected chi connectivity index (χ3v) is 5.61. The fraction of sp³-hybridized carbons (Fsp3) is 0.200. The molecule has 0 radical (unpaired) electrons. The predicted molar refractivity (Wildman–Crippen MR) is 124 cm³/mol. The quantitative estimate of drug-likeness (QED) is 0.316. The number of rotatable bonds is 4. The molecule has 0 saturated carbocycles. The van der Waals surface area contributed by atoms with Crippen LogP contribution in [0.1, 0.15) is 35.3 Å². The zero-order valence-electron chi connectivity index (χ0n) is 18.0. The predicted octanol–water partition coefficient (Wildman–Crippen LogP) is 7.32. The number of anilines is 1. The first-order valence-corrected chi connectivity index (χ1v) is 10.6. The van der Waals surface area contributed by atoms with Crippen molar-refractivity contribution in [1.82, 2.24) is 4.98 Å². The van der Waals surface area contributed by atoms with Crippen LogP contribution in [0.15, 0.2) is 63.8 Å². The van der Waals surface area contributed by atoms with Crippen LogP contribution in [0.5, 0.6) is 0 Å². The van der Waals surface area contributed by atoms with Crippen LogP contribution in [0.3, 0.4) is 0 Å². The summed E-state index contributed by atoms with van der Waals surface area (Å²) in [6.07, 6.45) is -4.69. The minimum absolute atomic E-state index is 0.184. The second-order valence-electron chi connectivity index (χ2n) is 7.88. The molecule has 1 atom stereocenters. The SMILES string of the molecule is Cc1cc([C@@H](C)Nc2ccc(Cl)nc2C(F)(F)F)c2oc(-c3ccccc3)c(C)c(=O)c2c1. The van der Waals surface area contributed by atoms with E-state index in [-0.39, 0.29) is 16.3 Å². The van der Waals surface area contributed by atoms with E-state index >= 15 is 0 Å². The number of aromatic nitrogens is 1.